The maximum atomic E-state index is 10.9. The molecule has 0 aliphatic heterocycles. The number of benzene rings is 3. The Hall–Kier alpha value is -3.80. The molecule has 3 rings (SSSR count). The monoisotopic (exact) mass is 817 g/mol. The van der Waals surface area contributed by atoms with E-state index in [4.69, 9.17) is 64.7 Å². The van der Waals surface area contributed by atoms with E-state index in [1.807, 2.05) is 0 Å². The van der Waals surface area contributed by atoms with Crippen LogP contribution < -0.4 is 0 Å². The van der Waals surface area contributed by atoms with Gasteiger partial charge in [0.1, 0.15) is 17.2 Å². The van der Waals surface area contributed by atoms with Crippen molar-refractivity contribution in [1.82, 2.24) is 4.90 Å². The van der Waals surface area contributed by atoms with Crippen LogP contribution in [0.2, 0.25) is 0 Å². The van der Waals surface area contributed by atoms with Crippen LogP contribution in [0.1, 0.15) is 65.2 Å². The molecule has 4 N–H and O–H groups in total. The quantitative estimate of drug-likeness (QED) is 0.0478. The topological polar surface area (TPSA) is 154 Å². The van der Waals surface area contributed by atoms with Gasteiger partial charge in [0.2, 0.25) is 5.24 Å². The molecule has 0 spiro atoms. The Morgan fingerprint density at radius 1 is 0.648 bits per heavy atom. The van der Waals surface area contributed by atoms with E-state index in [9.17, 15) is 14.4 Å². The molecule has 0 heterocycles. The first-order valence-corrected chi connectivity index (χ1v) is 18.3. The molecule has 13 heteroatoms. The second-order valence-corrected chi connectivity index (χ2v) is 11.6. The Labute approximate surface area is 338 Å². The zero-order chi connectivity index (χ0) is 39.6. The number of aliphatic hydroxyl groups is 1. The highest BCUT2D eigenvalue weighted by Crippen LogP contribution is 2.11. The van der Waals surface area contributed by atoms with E-state index in [2.05, 4.69) is 32.3 Å². The normalized spacial score (nSPS) is 9.26. The molecule has 0 amide bonds. The number of nitrogens with zero attached hydrogens (tertiary/aromatic N) is 1. The SMILES string of the molecule is C.C.C=CC(=O)OCCc1ccc(O)cc1.CCN(CC)CC.O=C(CCCl)OCCc1ccc(O)cc1.O=C(Cl)CCCl.OCCc1ccc(O)cc1. The first-order valence-electron chi connectivity index (χ1n) is 16.8. The van der Waals surface area contributed by atoms with Crippen molar-refractivity contribution in [3.8, 4) is 17.2 Å². The summed E-state index contributed by atoms with van der Waals surface area (Å²) in [4.78, 5) is 33.7. The van der Waals surface area contributed by atoms with Gasteiger partial charge in [-0.25, -0.2) is 4.79 Å². The second-order valence-electron chi connectivity index (χ2n) is 10.4. The van der Waals surface area contributed by atoms with E-state index in [1.54, 1.807) is 72.8 Å². The lowest BCUT2D eigenvalue weighted by atomic mass is 10.1. The average Bonchev–Trinajstić information content (AvgIpc) is 3.13. The minimum Gasteiger partial charge on any atom is -0.508 e. The third-order valence-corrected chi connectivity index (χ3v) is 7.16. The van der Waals surface area contributed by atoms with E-state index >= 15 is 0 Å². The van der Waals surface area contributed by atoms with E-state index in [0.29, 0.717) is 38.4 Å². The first kappa shape index (κ1) is 56.9. The van der Waals surface area contributed by atoms with Crippen LogP contribution in [-0.2, 0) is 43.1 Å². The number of aliphatic hydroxyl groups excluding tert-OH is 1. The fourth-order valence-electron chi connectivity index (χ4n) is 3.62. The molecule has 0 atom stereocenters. The number of esters is 2. The number of hydrogen-bond acceptors (Lipinski definition) is 10. The van der Waals surface area contributed by atoms with Crippen LogP contribution in [0.3, 0.4) is 0 Å². The third kappa shape index (κ3) is 35.2. The molecule has 3 aromatic rings. The fourth-order valence-corrected chi connectivity index (χ4v) is 4.14. The van der Waals surface area contributed by atoms with E-state index in [0.717, 1.165) is 22.8 Å². The van der Waals surface area contributed by atoms with Gasteiger partial charge in [-0.15, -0.1) is 23.2 Å². The van der Waals surface area contributed by atoms with Gasteiger partial charge in [0.05, 0.1) is 19.6 Å². The van der Waals surface area contributed by atoms with Crippen LogP contribution in [0.5, 0.6) is 17.2 Å². The molecular weight excluding hydrogens is 757 g/mol. The minimum atomic E-state index is -0.413. The Balaban J connectivity index is -0.000000298. The Morgan fingerprint density at radius 3 is 1.26 bits per heavy atom. The van der Waals surface area contributed by atoms with Crippen molar-refractivity contribution in [3.63, 3.8) is 0 Å². The van der Waals surface area contributed by atoms with Gasteiger partial charge < -0.3 is 34.8 Å². The number of rotatable bonds is 16. The molecular formula is C41H62Cl3NO9. The Morgan fingerprint density at radius 2 is 1.00 bits per heavy atom. The van der Waals surface area contributed by atoms with Gasteiger partial charge in [-0.3, -0.25) is 9.59 Å². The lowest BCUT2D eigenvalue weighted by molar-refractivity contribution is -0.143. The predicted molar refractivity (Wildman–Crippen MR) is 223 cm³/mol. The largest absolute Gasteiger partial charge is 0.508 e. The number of halogens is 3. The van der Waals surface area contributed by atoms with Crippen LogP contribution in [0.25, 0.3) is 0 Å². The van der Waals surface area contributed by atoms with Gasteiger partial charge in [0.15, 0.2) is 0 Å². The number of carbonyl (C=O) groups excluding carboxylic acids is 3. The molecule has 3 aromatic carbocycles. The molecule has 10 nitrogen and oxygen atoms in total. The third-order valence-electron chi connectivity index (χ3n) is 6.60. The van der Waals surface area contributed by atoms with Gasteiger partial charge in [-0.2, -0.15) is 0 Å². The fraction of sp³-hybridized carbons (Fsp3) is 0.439. The van der Waals surface area contributed by atoms with Crippen LogP contribution in [0.15, 0.2) is 85.5 Å². The molecule has 0 aliphatic rings. The molecule has 0 saturated carbocycles. The number of aromatic hydroxyl groups is 3. The van der Waals surface area contributed by atoms with Crippen molar-refractivity contribution in [3.05, 3.63) is 102 Å². The number of phenols is 3. The zero-order valence-electron chi connectivity index (χ0n) is 30.3. The van der Waals surface area contributed by atoms with Gasteiger partial charge in [0.25, 0.3) is 0 Å². The van der Waals surface area contributed by atoms with Crippen molar-refractivity contribution >= 4 is 52.0 Å². The number of hydrogen-bond donors (Lipinski definition) is 4. The summed E-state index contributed by atoms with van der Waals surface area (Å²) in [5.41, 5.74) is 3.08. The van der Waals surface area contributed by atoms with E-state index in [1.165, 1.54) is 19.6 Å². The van der Waals surface area contributed by atoms with Crippen LogP contribution in [0, 0.1) is 0 Å². The maximum Gasteiger partial charge on any atom is 0.330 e. The van der Waals surface area contributed by atoms with Crippen molar-refractivity contribution < 1.29 is 44.3 Å². The predicted octanol–water partition coefficient (Wildman–Crippen LogP) is 8.70. The van der Waals surface area contributed by atoms with Crippen LogP contribution in [-0.4, -0.2) is 93.7 Å². The molecule has 0 aliphatic carbocycles. The Kier molecular flexibility index (Phi) is 41.0. The highest BCUT2D eigenvalue weighted by atomic mass is 35.5. The number of carbonyl (C=O) groups is 3. The highest BCUT2D eigenvalue weighted by molar-refractivity contribution is 6.63. The molecule has 0 unspecified atom stereocenters. The molecule has 0 radical (unpaired) electrons. The van der Waals surface area contributed by atoms with Gasteiger partial charge >= 0.3 is 11.9 Å². The summed E-state index contributed by atoms with van der Waals surface area (Å²) in [5, 5.41) is 35.1. The van der Waals surface area contributed by atoms with Gasteiger partial charge in [-0.05, 0) is 90.7 Å². The second kappa shape index (κ2) is 38.9. The van der Waals surface area contributed by atoms with Crippen molar-refractivity contribution in [2.75, 3.05) is 51.2 Å². The highest BCUT2D eigenvalue weighted by Gasteiger charge is 2.01. The average molecular weight is 819 g/mol. The van der Waals surface area contributed by atoms with Crippen molar-refractivity contribution in [2.24, 2.45) is 0 Å². The summed E-state index contributed by atoms with van der Waals surface area (Å²) in [6.45, 7) is 14.2. The number of alkyl halides is 2. The molecule has 0 aromatic heterocycles. The lowest BCUT2D eigenvalue weighted by Gasteiger charge is -2.13. The number of phenolic OH excluding ortho intramolecular Hbond substituents is 3. The summed E-state index contributed by atoms with van der Waals surface area (Å²) in [7, 11) is 0. The summed E-state index contributed by atoms with van der Waals surface area (Å²) < 4.78 is 9.74. The molecule has 0 bridgehead atoms. The van der Waals surface area contributed by atoms with Crippen molar-refractivity contribution in [1.29, 1.82) is 0 Å². The van der Waals surface area contributed by atoms with Crippen molar-refractivity contribution in [2.45, 2.75) is 67.7 Å². The summed E-state index contributed by atoms with van der Waals surface area (Å²) >= 11 is 15.3. The molecule has 54 heavy (non-hydrogen) atoms. The Bertz CT molecular complexity index is 1330. The van der Waals surface area contributed by atoms with Crippen LogP contribution in [0.4, 0.5) is 0 Å². The minimum absolute atomic E-state index is 0. The summed E-state index contributed by atoms with van der Waals surface area (Å²) in [6, 6.07) is 20.4. The van der Waals surface area contributed by atoms with Gasteiger partial charge in [0, 0.05) is 43.7 Å². The van der Waals surface area contributed by atoms with E-state index in [-0.39, 0.29) is 68.6 Å². The molecule has 0 fully saturated rings. The first-order chi connectivity index (χ1) is 24.9. The summed E-state index contributed by atoms with van der Waals surface area (Å²) in [5.74, 6) is 0.657. The zero-order valence-corrected chi connectivity index (χ0v) is 32.6. The molecule has 0 saturated heterocycles. The summed E-state index contributed by atoms with van der Waals surface area (Å²) in [6.07, 6.45) is 3.59. The molecule has 306 valence electrons. The lowest BCUT2D eigenvalue weighted by Crippen LogP contribution is -2.21. The number of ether oxygens (including phenoxy) is 2. The van der Waals surface area contributed by atoms with E-state index < -0.39 is 5.97 Å². The smallest absolute Gasteiger partial charge is 0.330 e. The van der Waals surface area contributed by atoms with Crippen LogP contribution >= 0.6 is 34.8 Å². The van der Waals surface area contributed by atoms with Gasteiger partial charge in [-0.1, -0.05) is 78.6 Å². The standard InChI is InChI=1S/C11H13ClO3.C11H12O3.C8H10O2.C6H15N.C3H4Cl2O.2CH4/c12-7-5-11(14)15-8-6-9-1-3-10(13)4-2-9;1-2-11(13)14-8-7-9-3-5-10(12)6-4-9;9-6-5-7-1-3-8(10)4-2-7;1-4-7(5-2)6-3;4-2-1-3(5)6;;/h1-4,13H,5-8H2;2-6,12H,1,7-8H2;1-4,9-10H,5-6H2;4-6H2,1-3H3;1-2H2;2*1H4. The maximum absolute atomic E-state index is 10.9.